The summed E-state index contributed by atoms with van der Waals surface area (Å²) in [5, 5.41) is 6.26. The van der Waals surface area contributed by atoms with Gasteiger partial charge in [-0.15, -0.1) is 0 Å². The van der Waals surface area contributed by atoms with E-state index in [9.17, 15) is 12.8 Å². The molecule has 0 spiro atoms. The van der Waals surface area contributed by atoms with Crippen molar-refractivity contribution in [2.45, 2.75) is 18.2 Å². The Kier molecular flexibility index (Phi) is 3.96. The largest absolute Gasteiger partial charge is 0.281 e. The predicted molar refractivity (Wildman–Crippen MR) is 68.6 cm³/mol. The lowest BCUT2D eigenvalue weighted by atomic mass is 10.1. The van der Waals surface area contributed by atoms with Crippen molar-refractivity contribution in [1.29, 1.82) is 0 Å². The monoisotopic (exact) mass is 283 g/mol. The lowest BCUT2D eigenvalue weighted by Crippen LogP contribution is -2.26. The summed E-state index contributed by atoms with van der Waals surface area (Å²) in [4.78, 5) is 0.145. The second kappa shape index (κ2) is 5.50. The number of nitrogens with zero attached hydrogens (tertiary/aromatic N) is 1. The number of nitrogens with one attached hydrogen (secondary N) is 2. The molecule has 102 valence electrons. The van der Waals surface area contributed by atoms with Crippen molar-refractivity contribution < 1.29 is 12.8 Å². The van der Waals surface area contributed by atoms with Gasteiger partial charge in [0.25, 0.3) is 0 Å². The fourth-order valence-corrected chi connectivity index (χ4v) is 2.84. The van der Waals surface area contributed by atoms with Crippen LogP contribution in [0.3, 0.4) is 0 Å². The number of rotatable bonds is 5. The van der Waals surface area contributed by atoms with Gasteiger partial charge in [0.15, 0.2) is 0 Å². The molecule has 0 atom stereocenters. The van der Waals surface area contributed by atoms with E-state index in [-0.39, 0.29) is 17.3 Å². The first-order chi connectivity index (χ1) is 8.99. The Morgan fingerprint density at radius 2 is 2.00 bits per heavy atom. The molecular weight excluding hydrogens is 269 g/mol. The molecule has 0 radical (unpaired) electrons. The van der Waals surface area contributed by atoms with Crippen LogP contribution >= 0.6 is 0 Å². The summed E-state index contributed by atoms with van der Waals surface area (Å²) >= 11 is 0. The molecular formula is C12H14FN3O2S. The van der Waals surface area contributed by atoms with E-state index in [4.69, 9.17) is 0 Å². The molecule has 0 unspecified atom stereocenters. The van der Waals surface area contributed by atoms with Gasteiger partial charge in [-0.05, 0) is 31.0 Å². The third-order valence-corrected chi connectivity index (χ3v) is 4.27. The highest BCUT2D eigenvalue weighted by Gasteiger charge is 2.17. The lowest BCUT2D eigenvalue weighted by molar-refractivity contribution is 0.581. The molecule has 1 heterocycles. The van der Waals surface area contributed by atoms with Gasteiger partial charge in [0.1, 0.15) is 10.7 Å². The van der Waals surface area contributed by atoms with Crippen LogP contribution in [0.15, 0.2) is 35.4 Å². The van der Waals surface area contributed by atoms with E-state index < -0.39 is 10.0 Å². The van der Waals surface area contributed by atoms with Gasteiger partial charge in [-0.25, -0.2) is 17.5 Å². The quantitative estimate of drug-likeness (QED) is 0.870. The number of benzene rings is 1. The molecule has 0 aliphatic rings. The first-order valence-corrected chi connectivity index (χ1v) is 7.21. The summed E-state index contributed by atoms with van der Waals surface area (Å²) in [5.41, 5.74) is 1.36. The Balaban J connectivity index is 1.96. The molecule has 0 aliphatic carbocycles. The number of aromatic amines is 1. The summed E-state index contributed by atoms with van der Waals surface area (Å²) in [6, 6.07) is 5.97. The Morgan fingerprint density at radius 3 is 2.58 bits per heavy atom. The molecule has 7 heteroatoms. The average molecular weight is 283 g/mol. The highest BCUT2D eigenvalue weighted by molar-refractivity contribution is 7.89. The van der Waals surface area contributed by atoms with Crippen LogP contribution in [-0.2, 0) is 16.4 Å². The van der Waals surface area contributed by atoms with Crippen molar-refractivity contribution in [2.24, 2.45) is 0 Å². The summed E-state index contributed by atoms with van der Waals surface area (Å²) in [5.74, 6) is -0.307. The van der Waals surface area contributed by atoms with Crippen molar-refractivity contribution in [1.82, 2.24) is 14.9 Å². The smallest absolute Gasteiger partial charge is 0.243 e. The standard InChI is InChI=1S/C12H14FN3O2S/c1-9-12(8-14-16-9)19(17,18)15-7-6-10-2-4-11(13)5-3-10/h2-5,8,15H,6-7H2,1H3,(H,14,16). The Bertz CT molecular complexity index is 650. The topological polar surface area (TPSA) is 74.8 Å². The SMILES string of the molecule is Cc1[nH]ncc1S(=O)(=O)NCCc1ccc(F)cc1. The van der Waals surface area contributed by atoms with Gasteiger partial charge in [0.05, 0.1) is 11.9 Å². The molecule has 0 bridgehead atoms. The maximum absolute atomic E-state index is 12.7. The number of hydrogen-bond donors (Lipinski definition) is 2. The zero-order valence-corrected chi connectivity index (χ0v) is 11.2. The van der Waals surface area contributed by atoms with Crippen LogP contribution in [0.25, 0.3) is 0 Å². The van der Waals surface area contributed by atoms with E-state index in [1.807, 2.05) is 0 Å². The van der Waals surface area contributed by atoms with Gasteiger partial charge in [-0.1, -0.05) is 12.1 Å². The molecule has 1 aromatic carbocycles. The molecule has 0 aliphatic heterocycles. The Labute approximate surface area is 110 Å². The van der Waals surface area contributed by atoms with Gasteiger partial charge in [0, 0.05) is 6.54 Å². The van der Waals surface area contributed by atoms with Crippen LogP contribution in [0.2, 0.25) is 0 Å². The molecule has 2 aromatic rings. The fraction of sp³-hybridized carbons (Fsp3) is 0.250. The van der Waals surface area contributed by atoms with Crippen LogP contribution in [0, 0.1) is 12.7 Å². The van der Waals surface area contributed by atoms with Crippen LogP contribution in [0.5, 0.6) is 0 Å². The van der Waals surface area contributed by atoms with Crippen LogP contribution in [-0.4, -0.2) is 25.2 Å². The van der Waals surface area contributed by atoms with Crippen molar-refractivity contribution >= 4 is 10.0 Å². The number of H-pyrrole nitrogens is 1. The normalized spacial score (nSPS) is 11.7. The van der Waals surface area contributed by atoms with E-state index in [0.717, 1.165) is 5.56 Å². The maximum atomic E-state index is 12.7. The molecule has 19 heavy (non-hydrogen) atoms. The Hall–Kier alpha value is -1.73. The van der Waals surface area contributed by atoms with Crippen molar-refractivity contribution in [3.8, 4) is 0 Å². The average Bonchev–Trinajstić information content (AvgIpc) is 2.79. The van der Waals surface area contributed by atoms with E-state index in [2.05, 4.69) is 14.9 Å². The minimum atomic E-state index is -3.54. The molecule has 0 fully saturated rings. The minimum Gasteiger partial charge on any atom is -0.281 e. The Morgan fingerprint density at radius 1 is 1.32 bits per heavy atom. The highest BCUT2D eigenvalue weighted by Crippen LogP contribution is 2.10. The van der Waals surface area contributed by atoms with E-state index in [1.165, 1.54) is 18.3 Å². The number of hydrogen-bond acceptors (Lipinski definition) is 3. The van der Waals surface area contributed by atoms with E-state index >= 15 is 0 Å². The second-order valence-electron chi connectivity index (χ2n) is 4.13. The first-order valence-electron chi connectivity index (χ1n) is 5.73. The molecule has 0 saturated heterocycles. The molecule has 0 saturated carbocycles. The maximum Gasteiger partial charge on any atom is 0.243 e. The van der Waals surface area contributed by atoms with Crippen LogP contribution in [0.4, 0.5) is 4.39 Å². The van der Waals surface area contributed by atoms with Gasteiger partial charge in [0.2, 0.25) is 10.0 Å². The van der Waals surface area contributed by atoms with Gasteiger partial charge in [-0.2, -0.15) is 5.10 Å². The fourth-order valence-electron chi connectivity index (χ4n) is 1.67. The minimum absolute atomic E-state index is 0.145. The lowest BCUT2D eigenvalue weighted by Gasteiger charge is -2.05. The zero-order valence-electron chi connectivity index (χ0n) is 10.4. The van der Waals surface area contributed by atoms with Gasteiger partial charge >= 0.3 is 0 Å². The third-order valence-electron chi connectivity index (χ3n) is 2.69. The summed E-state index contributed by atoms with van der Waals surface area (Å²) < 4.78 is 39.0. The van der Waals surface area contributed by atoms with Crippen molar-refractivity contribution in [3.05, 3.63) is 47.5 Å². The molecule has 0 amide bonds. The summed E-state index contributed by atoms with van der Waals surface area (Å²) in [7, 11) is -3.54. The molecule has 1 aromatic heterocycles. The molecule has 5 nitrogen and oxygen atoms in total. The van der Waals surface area contributed by atoms with Crippen LogP contribution in [0.1, 0.15) is 11.3 Å². The third kappa shape index (κ3) is 3.39. The number of aryl methyl sites for hydroxylation is 1. The molecule has 2 N–H and O–H groups in total. The van der Waals surface area contributed by atoms with E-state index in [1.54, 1.807) is 19.1 Å². The summed E-state index contributed by atoms with van der Waals surface area (Å²) in [6.45, 7) is 1.89. The number of sulfonamides is 1. The predicted octanol–water partition coefficient (Wildman–Crippen LogP) is 1.38. The van der Waals surface area contributed by atoms with E-state index in [0.29, 0.717) is 12.1 Å². The highest BCUT2D eigenvalue weighted by atomic mass is 32.2. The summed E-state index contributed by atoms with van der Waals surface area (Å²) in [6.07, 6.45) is 1.77. The van der Waals surface area contributed by atoms with Crippen molar-refractivity contribution in [3.63, 3.8) is 0 Å². The first kappa shape index (κ1) is 13.7. The number of aromatic nitrogens is 2. The van der Waals surface area contributed by atoms with Gasteiger partial charge in [-0.3, -0.25) is 5.10 Å². The number of halogens is 1. The van der Waals surface area contributed by atoms with Crippen LogP contribution < -0.4 is 4.72 Å². The van der Waals surface area contributed by atoms with Gasteiger partial charge < -0.3 is 0 Å². The second-order valence-corrected chi connectivity index (χ2v) is 5.87. The zero-order chi connectivity index (χ0) is 13.9. The molecule has 2 rings (SSSR count). The van der Waals surface area contributed by atoms with Crippen molar-refractivity contribution in [2.75, 3.05) is 6.54 Å².